The van der Waals surface area contributed by atoms with E-state index in [1.54, 1.807) is 36.4 Å². The summed E-state index contributed by atoms with van der Waals surface area (Å²) in [5.74, 6) is -0.841. The minimum Gasteiger partial charge on any atom is -0.345 e. The highest BCUT2D eigenvalue weighted by molar-refractivity contribution is 6.35. The number of nitrogens with one attached hydrogen (secondary N) is 1. The van der Waals surface area contributed by atoms with Crippen molar-refractivity contribution in [3.05, 3.63) is 63.6 Å². The molecule has 0 saturated carbocycles. The third kappa shape index (κ3) is 3.74. The summed E-state index contributed by atoms with van der Waals surface area (Å²) in [4.78, 5) is 37.4. The summed E-state index contributed by atoms with van der Waals surface area (Å²) >= 11 is 12.1. The van der Waals surface area contributed by atoms with Crippen LogP contribution in [-0.4, -0.2) is 17.7 Å². The first kappa shape index (κ1) is 18.4. The van der Waals surface area contributed by atoms with E-state index in [2.05, 4.69) is 5.32 Å². The van der Waals surface area contributed by atoms with Gasteiger partial charge >= 0.3 is 0 Å². The minimum absolute atomic E-state index is 0.196. The first-order valence-corrected chi connectivity index (χ1v) is 8.84. The Balaban J connectivity index is 1.79. The summed E-state index contributed by atoms with van der Waals surface area (Å²) in [5.41, 5.74) is 1.50. The minimum atomic E-state index is -0.342. The lowest BCUT2D eigenvalue weighted by molar-refractivity contribution is -0.121. The maximum Gasteiger partial charge on any atom is 0.251 e. The molecule has 0 aliphatic carbocycles. The molecular weight excluding hydrogens is 375 g/mol. The summed E-state index contributed by atoms with van der Waals surface area (Å²) in [6.45, 7) is 1.81. The third-order valence-electron chi connectivity index (χ3n) is 4.19. The highest BCUT2D eigenvalue weighted by Crippen LogP contribution is 2.27. The number of halogens is 2. The van der Waals surface area contributed by atoms with Gasteiger partial charge in [-0.25, -0.2) is 0 Å². The number of rotatable bonds is 4. The van der Waals surface area contributed by atoms with E-state index in [1.165, 1.54) is 6.07 Å². The molecule has 1 aliphatic rings. The summed E-state index contributed by atoms with van der Waals surface area (Å²) < 4.78 is 0. The van der Waals surface area contributed by atoms with Gasteiger partial charge in [0.05, 0.1) is 11.7 Å². The Morgan fingerprint density at radius 2 is 1.77 bits per heavy atom. The molecule has 7 heteroatoms. The van der Waals surface area contributed by atoms with Crippen molar-refractivity contribution < 1.29 is 14.4 Å². The molecule has 134 valence electrons. The van der Waals surface area contributed by atoms with Crippen LogP contribution in [0.3, 0.4) is 0 Å². The molecule has 1 saturated heterocycles. The Labute approximate surface area is 160 Å². The summed E-state index contributed by atoms with van der Waals surface area (Å²) in [6, 6.07) is 11.2. The molecule has 1 aliphatic heterocycles. The van der Waals surface area contributed by atoms with Gasteiger partial charge in [-0.15, -0.1) is 0 Å². The maximum absolute atomic E-state index is 12.6. The van der Waals surface area contributed by atoms with E-state index in [9.17, 15) is 14.4 Å². The second-order valence-electron chi connectivity index (χ2n) is 6.03. The second kappa shape index (κ2) is 7.48. The second-order valence-corrected chi connectivity index (χ2v) is 6.88. The van der Waals surface area contributed by atoms with E-state index in [0.717, 1.165) is 10.5 Å². The fraction of sp³-hybridized carbons (Fsp3) is 0.211. The van der Waals surface area contributed by atoms with Crippen molar-refractivity contribution in [1.29, 1.82) is 0 Å². The van der Waals surface area contributed by atoms with Gasteiger partial charge in [0.15, 0.2) is 0 Å². The molecule has 1 atom stereocenters. The van der Waals surface area contributed by atoms with E-state index >= 15 is 0 Å². The van der Waals surface area contributed by atoms with E-state index < -0.39 is 0 Å². The topological polar surface area (TPSA) is 66.5 Å². The third-order valence-corrected chi connectivity index (χ3v) is 4.76. The number of amides is 3. The summed E-state index contributed by atoms with van der Waals surface area (Å²) in [7, 11) is 0. The lowest BCUT2D eigenvalue weighted by Gasteiger charge is -2.18. The number of carbonyl (C=O) groups excluding carboxylic acids is 3. The molecule has 0 aromatic heterocycles. The van der Waals surface area contributed by atoms with Crippen LogP contribution in [0.4, 0.5) is 5.69 Å². The zero-order chi connectivity index (χ0) is 18.8. The fourth-order valence-corrected chi connectivity index (χ4v) is 3.43. The molecule has 3 amide bonds. The molecule has 2 aromatic carbocycles. The van der Waals surface area contributed by atoms with E-state index in [4.69, 9.17) is 23.2 Å². The Bertz CT molecular complexity index is 882. The summed E-state index contributed by atoms with van der Waals surface area (Å²) in [5, 5.41) is 3.84. The van der Waals surface area contributed by atoms with Gasteiger partial charge in [-0.3, -0.25) is 19.3 Å². The predicted octanol–water partition coefficient (Wildman–Crippen LogP) is 4.14. The molecule has 0 radical (unpaired) electrons. The van der Waals surface area contributed by atoms with Crippen molar-refractivity contribution >= 4 is 46.6 Å². The molecule has 1 fully saturated rings. The maximum atomic E-state index is 12.6. The molecule has 1 unspecified atom stereocenters. The molecule has 2 aromatic rings. The van der Waals surface area contributed by atoms with Crippen LogP contribution in [0, 0.1) is 0 Å². The zero-order valence-corrected chi connectivity index (χ0v) is 15.5. The van der Waals surface area contributed by atoms with E-state index in [-0.39, 0.29) is 36.6 Å². The van der Waals surface area contributed by atoms with Gasteiger partial charge in [0.2, 0.25) is 11.8 Å². The van der Waals surface area contributed by atoms with Gasteiger partial charge < -0.3 is 5.32 Å². The Hall–Kier alpha value is -2.37. The molecule has 26 heavy (non-hydrogen) atoms. The highest BCUT2D eigenvalue weighted by atomic mass is 35.5. The van der Waals surface area contributed by atoms with Gasteiger partial charge in [-0.05, 0) is 42.8 Å². The van der Waals surface area contributed by atoms with E-state index in [1.807, 2.05) is 6.92 Å². The Morgan fingerprint density at radius 3 is 2.42 bits per heavy atom. The Morgan fingerprint density at radius 1 is 1.08 bits per heavy atom. The molecule has 0 bridgehead atoms. The Kier molecular flexibility index (Phi) is 5.30. The van der Waals surface area contributed by atoms with E-state index in [0.29, 0.717) is 21.3 Å². The number of carbonyl (C=O) groups is 3. The number of anilines is 1. The van der Waals surface area contributed by atoms with Crippen LogP contribution in [0.1, 0.15) is 41.7 Å². The van der Waals surface area contributed by atoms with Crippen LogP contribution in [0.15, 0.2) is 42.5 Å². The fourth-order valence-electron chi connectivity index (χ4n) is 2.86. The van der Waals surface area contributed by atoms with Crippen LogP contribution < -0.4 is 10.2 Å². The number of benzene rings is 2. The van der Waals surface area contributed by atoms with Gasteiger partial charge in [0.25, 0.3) is 5.91 Å². The van der Waals surface area contributed by atoms with Crippen LogP contribution in [0.2, 0.25) is 10.0 Å². The van der Waals surface area contributed by atoms with Crippen LogP contribution in [0.25, 0.3) is 0 Å². The largest absolute Gasteiger partial charge is 0.345 e. The average Bonchev–Trinajstić information content (AvgIpc) is 2.93. The van der Waals surface area contributed by atoms with Gasteiger partial charge in [-0.2, -0.15) is 0 Å². The molecule has 3 rings (SSSR count). The normalized spacial score (nSPS) is 15.3. The van der Waals surface area contributed by atoms with Crippen molar-refractivity contribution in [1.82, 2.24) is 5.32 Å². The standard InChI is InChI=1S/C19H16Cl2N2O3/c1-11(15-6-5-13(20)10-16(15)21)22-19(26)12-3-2-4-14(9-12)23-17(24)7-8-18(23)25/h2-6,9-11H,7-8H2,1H3,(H,22,26). The van der Waals surface area contributed by atoms with Crippen LogP contribution >= 0.6 is 23.2 Å². The first-order chi connectivity index (χ1) is 12.4. The van der Waals surface area contributed by atoms with Gasteiger partial charge in [0.1, 0.15) is 0 Å². The smallest absolute Gasteiger partial charge is 0.251 e. The van der Waals surface area contributed by atoms with Crippen LogP contribution in [-0.2, 0) is 9.59 Å². The van der Waals surface area contributed by atoms with Crippen molar-refractivity contribution in [3.8, 4) is 0 Å². The quantitative estimate of drug-likeness (QED) is 0.797. The SMILES string of the molecule is CC(NC(=O)c1cccc(N2C(=O)CCC2=O)c1)c1ccc(Cl)cc1Cl. The van der Waals surface area contributed by atoms with Crippen molar-refractivity contribution in [3.63, 3.8) is 0 Å². The monoisotopic (exact) mass is 390 g/mol. The molecular formula is C19H16Cl2N2O3. The molecule has 0 spiro atoms. The van der Waals surface area contributed by atoms with Crippen molar-refractivity contribution in [2.75, 3.05) is 4.90 Å². The predicted molar refractivity (Wildman–Crippen MR) is 101 cm³/mol. The van der Waals surface area contributed by atoms with Crippen molar-refractivity contribution in [2.45, 2.75) is 25.8 Å². The summed E-state index contributed by atoms with van der Waals surface area (Å²) in [6.07, 6.45) is 0.392. The lowest BCUT2D eigenvalue weighted by atomic mass is 10.1. The number of hydrogen-bond acceptors (Lipinski definition) is 3. The average molecular weight is 391 g/mol. The molecule has 1 N–H and O–H groups in total. The molecule has 5 nitrogen and oxygen atoms in total. The highest BCUT2D eigenvalue weighted by Gasteiger charge is 2.30. The van der Waals surface area contributed by atoms with Crippen molar-refractivity contribution in [2.24, 2.45) is 0 Å². The number of imide groups is 1. The number of hydrogen-bond donors (Lipinski definition) is 1. The lowest BCUT2D eigenvalue weighted by Crippen LogP contribution is -2.30. The van der Waals surface area contributed by atoms with Crippen LogP contribution in [0.5, 0.6) is 0 Å². The first-order valence-electron chi connectivity index (χ1n) is 8.08. The van der Waals surface area contributed by atoms with Gasteiger partial charge in [-0.1, -0.05) is 35.3 Å². The number of nitrogens with zero attached hydrogens (tertiary/aromatic N) is 1. The zero-order valence-electron chi connectivity index (χ0n) is 14.0. The van der Waals surface area contributed by atoms with Gasteiger partial charge in [0, 0.05) is 28.5 Å². The molecule has 1 heterocycles.